The molecule has 0 aliphatic carbocycles. The van der Waals surface area contributed by atoms with E-state index in [9.17, 15) is 19.2 Å². The summed E-state index contributed by atoms with van der Waals surface area (Å²) in [6, 6.07) is 4.59. The summed E-state index contributed by atoms with van der Waals surface area (Å²) in [5.41, 5.74) is 1.01. The van der Waals surface area contributed by atoms with Crippen LogP contribution in [0.3, 0.4) is 0 Å². The first-order valence-corrected chi connectivity index (χ1v) is 11.6. The van der Waals surface area contributed by atoms with E-state index in [1.165, 1.54) is 9.13 Å². The highest BCUT2D eigenvalue weighted by molar-refractivity contribution is 6.00. The number of benzene rings is 1. The number of esters is 1. The van der Waals surface area contributed by atoms with Gasteiger partial charge in [0.05, 0.1) is 17.6 Å². The van der Waals surface area contributed by atoms with Crippen LogP contribution >= 0.6 is 0 Å². The Hall–Kier alpha value is -3.01. The number of hydrogen-bond donors (Lipinski definition) is 1. The Balaban J connectivity index is 1.53. The molecule has 0 radical (unpaired) electrons. The zero-order valence-electron chi connectivity index (χ0n) is 20.0. The summed E-state index contributed by atoms with van der Waals surface area (Å²) in [6.07, 6.45) is -0.225. The number of amides is 2. The van der Waals surface area contributed by atoms with Crippen molar-refractivity contribution in [2.24, 2.45) is 7.05 Å². The average Bonchev–Trinajstić information content (AvgIpc) is 2.97. The average molecular weight is 475 g/mol. The van der Waals surface area contributed by atoms with Gasteiger partial charge >= 0.3 is 11.7 Å². The first-order valence-electron chi connectivity index (χ1n) is 11.6. The Bertz CT molecular complexity index is 1190. The van der Waals surface area contributed by atoms with Crippen molar-refractivity contribution in [1.82, 2.24) is 19.4 Å². The van der Waals surface area contributed by atoms with Gasteiger partial charge in [-0.15, -0.1) is 0 Å². The Labute approximate surface area is 196 Å². The number of hydrogen-bond acceptors (Lipinski definition) is 6. The third kappa shape index (κ3) is 4.77. The van der Waals surface area contributed by atoms with Crippen LogP contribution in [0.2, 0.25) is 0 Å². The molecule has 0 bridgehead atoms. The van der Waals surface area contributed by atoms with Crippen LogP contribution in [0.1, 0.15) is 57.6 Å². The van der Waals surface area contributed by atoms with Gasteiger partial charge in [-0.1, -0.05) is 6.07 Å². The third-order valence-corrected chi connectivity index (χ3v) is 6.46. The van der Waals surface area contributed by atoms with Gasteiger partial charge in [0.1, 0.15) is 17.8 Å². The van der Waals surface area contributed by atoms with Gasteiger partial charge in [-0.2, -0.15) is 0 Å². The van der Waals surface area contributed by atoms with Gasteiger partial charge in [0.2, 0.25) is 11.8 Å². The lowest BCUT2D eigenvalue weighted by molar-refractivity contribution is -0.156. The fourth-order valence-electron chi connectivity index (χ4n) is 4.88. The SMILES string of the molecule is Cn1c(=O)n(C2CCC(=O)NC2=O)c2ccc(C3CCN(CC(=O)OC(C)(C)C)CC3F)cc21. The molecule has 2 aromatic rings. The number of nitrogens with zero attached hydrogens (tertiary/aromatic N) is 3. The molecule has 3 unspecified atom stereocenters. The predicted molar refractivity (Wildman–Crippen MR) is 123 cm³/mol. The molecule has 34 heavy (non-hydrogen) atoms. The van der Waals surface area contributed by atoms with Crippen LogP contribution < -0.4 is 11.0 Å². The second kappa shape index (κ2) is 8.98. The zero-order chi connectivity index (χ0) is 24.8. The molecule has 0 spiro atoms. The number of aromatic nitrogens is 2. The predicted octanol–water partition coefficient (Wildman–Crippen LogP) is 1.79. The fraction of sp³-hybridized carbons (Fsp3) is 0.583. The van der Waals surface area contributed by atoms with Gasteiger partial charge in [0, 0.05) is 25.9 Å². The van der Waals surface area contributed by atoms with Gasteiger partial charge in [0.15, 0.2) is 0 Å². The van der Waals surface area contributed by atoms with Crippen molar-refractivity contribution in [2.45, 2.75) is 63.8 Å². The summed E-state index contributed by atoms with van der Waals surface area (Å²) in [7, 11) is 1.62. The van der Waals surface area contributed by atoms with Crippen LogP contribution in [0.15, 0.2) is 23.0 Å². The van der Waals surface area contributed by atoms with E-state index in [0.717, 1.165) is 5.56 Å². The van der Waals surface area contributed by atoms with Crippen molar-refractivity contribution in [3.63, 3.8) is 0 Å². The minimum atomic E-state index is -1.18. The lowest BCUT2D eigenvalue weighted by atomic mass is 9.87. The molecule has 9 nitrogen and oxygen atoms in total. The molecule has 3 heterocycles. The van der Waals surface area contributed by atoms with Crippen molar-refractivity contribution >= 4 is 28.8 Å². The summed E-state index contributed by atoms with van der Waals surface area (Å²) in [6.45, 7) is 6.12. The summed E-state index contributed by atoms with van der Waals surface area (Å²) in [5.74, 6) is -1.57. The topological polar surface area (TPSA) is 103 Å². The standard InChI is InChI=1S/C24H31FN4O5/c1-24(2,3)34-21(31)13-28-10-9-15(16(25)12-28)14-5-6-17-19(11-14)27(4)23(33)29(17)18-7-8-20(30)26-22(18)32/h5-6,11,15-16,18H,7-10,12-13H2,1-4H3,(H,26,30,32). The number of alkyl halides is 1. The lowest BCUT2D eigenvalue weighted by Gasteiger charge is -2.35. The number of imidazole rings is 1. The molecule has 0 saturated carbocycles. The van der Waals surface area contributed by atoms with Crippen molar-refractivity contribution in [1.29, 1.82) is 0 Å². The number of halogens is 1. The van der Waals surface area contributed by atoms with E-state index in [-0.39, 0.29) is 49.4 Å². The molecule has 1 aromatic heterocycles. The van der Waals surface area contributed by atoms with Crippen LogP contribution in [0.5, 0.6) is 0 Å². The minimum absolute atomic E-state index is 0.0484. The third-order valence-electron chi connectivity index (χ3n) is 6.46. The Kier molecular flexibility index (Phi) is 6.37. The number of ether oxygens (including phenoxy) is 1. The van der Waals surface area contributed by atoms with Crippen molar-refractivity contribution < 1.29 is 23.5 Å². The maximum atomic E-state index is 15.2. The van der Waals surface area contributed by atoms with Crippen LogP contribution in [0.4, 0.5) is 4.39 Å². The van der Waals surface area contributed by atoms with Crippen molar-refractivity contribution in [3.05, 3.63) is 34.2 Å². The van der Waals surface area contributed by atoms with E-state index in [1.54, 1.807) is 50.9 Å². The highest BCUT2D eigenvalue weighted by atomic mass is 19.1. The van der Waals surface area contributed by atoms with Gasteiger partial charge in [0.25, 0.3) is 0 Å². The number of likely N-dealkylation sites (tertiary alicyclic amines) is 1. The smallest absolute Gasteiger partial charge is 0.329 e. The van der Waals surface area contributed by atoms with E-state index in [1.807, 2.05) is 0 Å². The number of aryl methyl sites for hydroxylation is 1. The summed E-state index contributed by atoms with van der Waals surface area (Å²) < 4.78 is 23.4. The quantitative estimate of drug-likeness (QED) is 0.535. The normalized spacial score (nSPS) is 24.3. The molecule has 10 heteroatoms. The Morgan fingerprint density at radius 3 is 2.56 bits per heavy atom. The molecule has 3 atom stereocenters. The maximum absolute atomic E-state index is 15.2. The van der Waals surface area contributed by atoms with Crippen LogP contribution in [-0.4, -0.2) is 63.2 Å². The number of rotatable bonds is 4. The largest absolute Gasteiger partial charge is 0.459 e. The number of fused-ring (bicyclic) bond motifs is 1. The highest BCUT2D eigenvalue weighted by Crippen LogP contribution is 2.33. The molecule has 1 aromatic carbocycles. The first-order chi connectivity index (χ1) is 15.9. The summed E-state index contributed by atoms with van der Waals surface area (Å²) in [4.78, 5) is 50.7. The second-order valence-corrected chi connectivity index (χ2v) is 10.2. The molecule has 1 N–H and O–H groups in total. The Morgan fingerprint density at radius 2 is 1.91 bits per heavy atom. The second-order valence-electron chi connectivity index (χ2n) is 10.2. The summed E-state index contributed by atoms with van der Waals surface area (Å²) in [5, 5.41) is 2.29. The fourth-order valence-corrected chi connectivity index (χ4v) is 4.88. The van der Waals surface area contributed by atoms with Crippen molar-refractivity contribution in [2.75, 3.05) is 19.6 Å². The molecule has 184 valence electrons. The molecular formula is C24H31FN4O5. The first kappa shape index (κ1) is 24.1. The molecule has 2 aliphatic heterocycles. The van der Waals surface area contributed by atoms with Crippen LogP contribution in [0.25, 0.3) is 11.0 Å². The number of carbonyl (C=O) groups excluding carboxylic acids is 3. The number of nitrogens with one attached hydrogen (secondary N) is 1. The molecule has 2 amide bonds. The Morgan fingerprint density at radius 1 is 1.18 bits per heavy atom. The molecule has 2 saturated heterocycles. The van der Waals surface area contributed by atoms with Gasteiger partial charge in [-0.25, -0.2) is 9.18 Å². The van der Waals surface area contributed by atoms with Gasteiger partial charge in [-0.3, -0.25) is 33.7 Å². The maximum Gasteiger partial charge on any atom is 0.329 e. The summed E-state index contributed by atoms with van der Waals surface area (Å²) >= 11 is 0. The highest BCUT2D eigenvalue weighted by Gasteiger charge is 2.34. The number of imide groups is 1. The molecule has 2 fully saturated rings. The number of carbonyl (C=O) groups is 3. The van der Waals surface area contributed by atoms with E-state index < -0.39 is 23.7 Å². The minimum Gasteiger partial charge on any atom is -0.459 e. The molecule has 2 aliphatic rings. The van der Waals surface area contributed by atoms with Crippen LogP contribution in [0, 0.1) is 0 Å². The number of piperidine rings is 2. The van der Waals surface area contributed by atoms with Crippen LogP contribution in [-0.2, 0) is 26.2 Å². The van der Waals surface area contributed by atoms with E-state index in [4.69, 9.17) is 4.74 Å². The lowest BCUT2D eigenvalue weighted by Crippen LogP contribution is -2.44. The van der Waals surface area contributed by atoms with E-state index in [0.29, 0.717) is 24.0 Å². The zero-order valence-corrected chi connectivity index (χ0v) is 20.0. The monoisotopic (exact) mass is 474 g/mol. The van der Waals surface area contributed by atoms with E-state index >= 15 is 4.39 Å². The van der Waals surface area contributed by atoms with Crippen molar-refractivity contribution in [3.8, 4) is 0 Å². The molecule has 4 rings (SSSR count). The molecular weight excluding hydrogens is 443 g/mol. The van der Waals surface area contributed by atoms with E-state index in [2.05, 4.69) is 5.32 Å². The van der Waals surface area contributed by atoms with Gasteiger partial charge < -0.3 is 4.74 Å². The van der Waals surface area contributed by atoms with Gasteiger partial charge in [-0.05, 0) is 57.9 Å².